The van der Waals surface area contributed by atoms with E-state index in [-0.39, 0.29) is 0 Å². The van der Waals surface area contributed by atoms with Crippen molar-refractivity contribution in [2.45, 2.75) is 45.9 Å². The van der Waals surface area contributed by atoms with Crippen LogP contribution in [-0.4, -0.2) is 14.5 Å². The molecule has 3 aromatic rings. The number of nitrogens with zero attached hydrogens (tertiary/aromatic N) is 3. The maximum Gasteiger partial charge on any atom is 0.151 e. The second-order valence-corrected chi connectivity index (χ2v) is 7.25. The number of fused-ring (bicyclic) bond motifs is 1. The van der Waals surface area contributed by atoms with E-state index < -0.39 is 0 Å². The number of halogens is 1. The third kappa shape index (κ3) is 4.49. The molecule has 0 spiro atoms. The van der Waals surface area contributed by atoms with Gasteiger partial charge in [-0.1, -0.05) is 50.1 Å². The van der Waals surface area contributed by atoms with Crippen molar-refractivity contribution in [1.29, 1.82) is 0 Å². The molecule has 0 saturated carbocycles. The predicted octanol–water partition coefficient (Wildman–Crippen LogP) is 4.53. The van der Waals surface area contributed by atoms with E-state index in [0.29, 0.717) is 19.2 Å². The molecular formula is C19H23IN4O. The van der Waals surface area contributed by atoms with Gasteiger partial charge in [0, 0.05) is 12.6 Å². The maximum atomic E-state index is 6.23. The highest BCUT2D eigenvalue weighted by atomic mass is 127. The van der Waals surface area contributed by atoms with E-state index in [4.69, 9.17) is 15.5 Å². The van der Waals surface area contributed by atoms with Crippen LogP contribution in [-0.2, 0) is 24.5 Å². The lowest BCUT2D eigenvalue weighted by Gasteiger charge is -2.09. The van der Waals surface area contributed by atoms with Crippen molar-refractivity contribution in [2.75, 3.05) is 5.73 Å². The van der Waals surface area contributed by atoms with Gasteiger partial charge in [-0.25, -0.2) is 9.97 Å². The summed E-state index contributed by atoms with van der Waals surface area (Å²) in [5, 5.41) is 0. The number of aromatic nitrogens is 3. The Labute approximate surface area is 161 Å². The monoisotopic (exact) mass is 450 g/mol. The van der Waals surface area contributed by atoms with Gasteiger partial charge in [0.05, 0.1) is 10.2 Å². The first kappa shape index (κ1) is 18.1. The van der Waals surface area contributed by atoms with Crippen molar-refractivity contribution in [3.8, 4) is 0 Å². The number of benzene rings is 1. The first-order valence-electron chi connectivity index (χ1n) is 8.61. The molecule has 2 N–H and O–H groups in total. The van der Waals surface area contributed by atoms with Crippen LogP contribution in [0.15, 0.2) is 36.5 Å². The number of nitrogen functional groups attached to an aromatic ring is 1. The van der Waals surface area contributed by atoms with Crippen LogP contribution in [0.3, 0.4) is 0 Å². The molecule has 0 bridgehead atoms. The molecule has 0 unspecified atom stereocenters. The van der Waals surface area contributed by atoms with Crippen LogP contribution >= 0.6 is 22.6 Å². The van der Waals surface area contributed by atoms with Crippen molar-refractivity contribution in [2.24, 2.45) is 0 Å². The summed E-state index contributed by atoms with van der Waals surface area (Å²) in [4.78, 5) is 9.22. The Hall–Kier alpha value is -1.67. The smallest absolute Gasteiger partial charge is 0.151 e. The van der Waals surface area contributed by atoms with Crippen molar-refractivity contribution < 1.29 is 4.74 Å². The van der Waals surface area contributed by atoms with Crippen LogP contribution in [0.4, 0.5) is 5.82 Å². The number of aryl methyl sites for hydroxylation is 1. The van der Waals surface area contributed by atoms with Crippen molar-refractivity contribution >= 4 is 39.4 Å². The molecule has 0 aliphatic heterocycles. The minimum atomic E-state index is 0.428. The first-order valence-corrected chi connectivity index (χ1v) is 9.69. The van der Waals surface area contributed by atoms with Gasteiger partial charge in [-0.15, -0.1) is 0 Å². The zero-order valence-electron chi connectivity index (χ0n) is 14.4. The van der Waals surface area contributed by atoms with Gasteiger partial charge in [0.25, 0.3) is 0 Å². The zero-order chi connectivity index (χ0) is 17.6. The number of ether oxygens (including phenoxy) is 1. The molecule has 2 aromatic heterocycles. The number of rotatable bonds is 8. The molecule has 0 aliphatic rings. The number of nitrogens with two attached hydrogens (primary N) is 1. The molecule has 2 heterocycles. The Morgan fingerprint density at radius 3 is 2.72 bits per heavy atom. The van der Waals surface area contributed by atoms with Crippen LogP contribution in [0.2, 0.25) is 0 Å². The van der Waals surface area contributed by atoms with Gasteiger partial charge in [-0.3, -0.25) is 0 Å². The van der Waals surface area contributed by atoms with Gasteiger partial charge in [-0.05, 0) is 34.6 Å². The quantitative estimate of drug-likeness (QED) is 0.405. The molecule has 1 aromatic carbocycles. The Morgan fingerprint density at radius 1 is 1.16 bits per heavy atom. The fraction of sp³-hybridized carbons (Fsp3) is 0.368. The maximum absolute atomic E-state index is 6.23. The van der Waals surface area contributed by atoms with Gasteiger partial charge in [0.2, 0.25) is 0 Å². The fourth-order valence-electron chi connectivity index (χ4n) is 2.82. The van der Waals surface area contributed by atoms with E-state index in [2.05, 4.69) is 46.6 Å². The highest BCUT2D eigenvalue weighted by Gasteiger charge is 2.14. The van der Waals surface area contributed by atoms with Gasteiger partial charge in [-0.2, -0.15) is 0 Å². The third-order valence-corrected chi connectivity index (χ3v) is 4.88. The highest BCUT2D eigenvalue weighted by molar-refractivity contribution is 14.1. The molecule has 5 nitrogen and oxygen atoms in total. The molecule has 0 fully saturated rings. The summed E-state index contributed by atoms with van der Waals surface area (Å²) in [5.74, 6) is 1.36. The SMILES string of the molecule is CCCCCc1nc(N)c2c(n1)c(I)cn2COCc1ccccc1. The summed E-state index contributed by atoms with van der Waals surface area (Å²) in [6.07, 6.45) is 6.37. The summed E-state index contributed by atoms with van der Waals surface area (Å²) in [5.41, 5.74) is 9.15. The van der Waals surface area contributed by atoms with Gasteiger partial charge in [0.15, 0.2) is 5.82 Å². The van der Waals surface area contributed by atoms with Crippen molar-refractivity contribution in [3.05, 3.63) is 51.5 Å². The highest BCUT2D eigenvalue weighted by Crippen LogP contribution is 2.26. The van der Waals surface area contributed by atoms with Crippen LogP contribution in [0.1, 0.15) is 37.6 Å². The molecule has 0 saturated heterocycles. The largest absolute Gasteiger partial charge is 0.382 e. The summed E-state index contributed by atoms with van der Waals surface area (Å²) in [7, 11) is 0. The van der Waals surface area contributed by atoms with Crippen LogP contribution in [0.5, 0.6) is 0 Å². The number of hydrogen-bond donors (Lipinski definition) is 1. The van der Waals surface area contributed by atoms with E-state index in [9.17, 15) is 0 Å². The molecule has 0 atom stereocenters. The lowest BCUT2D eigenvalue weighted by molar-refractivity contribution is 0.0667. The van der Waals surface area contributed by atoms with Crippen LogP contribution in [0, 0.1) is 3.57 Å². The van der Waals surface area contributed by atoms with Crippen LogP contribution in [0.25, 0.3) is 11.0 Å². The molecule has 25 heavy (non-hydrogen) atoms. The van der Waals surface area contributed by atoms with E-state index in [1.807, 2.05) is 29.0 Å². The number of hydrogen-bond acceptors (Lipinski definition) is 4. The predicted molar refractivity (Wildman–Crippen MR) is 109 cm³/mol. The van der Waals surface area contributed by atoms with E-state index >= 15 is 0 Å². The standard InChI is InChI=1S/C19H23IN4O/c1-2-3-5-10-16-22-17-15(20)11-24(18(17)19(21)23-16)13-25-12-14-8-6-4-7-9-14/h4,6-9,11H,2-3,5,10,12-13H2,1H3,(H2,21,22,23). The van der Waals surface area contributed by atoms with Crippen LogP contribution < -0.4 is 5.73 Å². The number of unbranched alkanes of at least 4 members (excludes halogenated alkanes) is 2. The topological polar surface area (TPSA) is 66.0 Å². The summed E-state index contributed by atoms with van der Waals surface area (Å²) in [6.45, 7) is 3.18. The van der Waals surface area contributed by atoms with Crippen molar-refractivity contribution in [3.63, 3.8) is 0 Å². The van der Waals surface area contributed by atoms with Gasteiger partial charge < -0.3 is 15.0 Å². The Kier molecular flexibility index (Phi) is 6.25. The molecule has 0 radical (unpaired) electrons. The first-order chi connectivity index (χ1) is 12.2. The third-order valence-electron chi connectivity index (χ3n) is 4.09. The Bertz CT molecular complexity index is 832. The van der Waals surface area contributed by atoms with E-state index in [1.54, 1.807) is 0 Å². The fourth-order valence-corrected chi connectivity index (χ4v) is 3.53. The number of anilines is 1. The minimum absolute atomic E-state index is 0.428. The molecule has 6 heteroatoms. The average Bonchev–Trinajstić information content (AvgIpc) is 2.93. The molecule has 0 aliphatic carbocycles. The second kappa shape index (κ2) is 8.62. The summed E-state index contributed by atoms with van der Waals surface area (Å²) >= 11 is 2.30. The molecule has 0 amide bonds. The van der Waals surface area contributed by atoms with Crippen molar-refractivity contribution in [1.82, 2.24) is 14.5 Å². The van der Waals surface area contributed by atoms with Gasteiger partial charge in [0.1, 0.15) is 23.6 Å². The molecule has 3 rings (SSSR count). The lowest BCUT2D eigenvalue weighted by Crippen LogP contribution is -2.06. The minimum Gasteiger partial charge on any atom is -0.382 e. The lowest BCUT2D eigenvalue weighted by atomic mass is 10.2. The molecular weight excluding hydrogens is 427 g/mol. The van der Waals surface area contributed by atoms with Gasteiger partial charge >= 0.3 is 0 Å². The average molecular weight is 450 g/mol. The zero-order valence-corrected chi connectivity index (χ0v) is 16.6. The Balaban J connectivity index is 1.75. The van der Waals surface area contributed by atoms with E-state index in [0.717, 1.165) is 38.8 Å². The molecule has 132 valence electrons. The van der Waals surface area contributed by atoms with E-state index in [1.165, 1.54) is 12.8 Å². The summed E-state index contributed by atoms with van der Waals surface area (Å²) < 4.78 is 8.90. The normalized spacial score (nSPS) is 11.3. The Morgan fingerprint density at radius 2 is 1.96 bits per heavy atom. The summed E-state index contributed by atoms with van der Waals surface area (Å²) in [6, 6.07) is 10.1. The second-order valence-electron chi connectivity index (χ2n) is 6.09.